The lowest BCUT2D eigenvalue weighted by atomic mass is 10.1. The summed E-state index contributed by atoms with van der Waals surface area (Å²) in [5.74, 6) is 0.847. The van der Waals surface area contributed by atoms with Crippen molar-refractivity contribution in [1.29, 1.82) is 0 Å². The molecule has 0 unspecified atom stereocenters. The Bertz CT molecular complexity index is 1120. The van der Waals surface area contributed by atoms with Crippen molar-refractivity contribution in [2.75, 3.05) is 5.75 Å². The summed E-state index contributed by atoms with van der Waals surface area (Å²) in [6, 6.07) is 11.5. The van der Waals surface area contributed by atoms with E-state index in [2.05, 4.69) is 15.3 Å². The molecule has 0 aliphatic carbocycles. The van der Waals surface area contributed by atoms with Crippen LogP contribution in [0.5, 0.6) is 0 Å². The molecule has 0 saturated heterocycles. The molecule has 0 N–H and O–H groups in total. The second kappa shape index (κ2) is 7.97. The summed E-state index contributed by atoms with van der Waals surface area (Å²) < 4.78 is 10.8. The maximum atomic E-state index is 13.0. The summed E-state index contributed by atoms with van der Waals surface area (Å²) in [4.78, 5) is 15.2. The third kappa shape index (κ3) is 3.78. The van der Waals surface area contributed by atoms with Crippen LogP contribution < -0.4 is 0 Å². The standard InChI is InChI=1S/C19H14N4O3S3/c24-17(11-29-19-21-20-18(26-19)14-4-1-7-25-14)23-13(16-6-3-9-28-16)10-12(22-23)15-5-2-8-27-15/h1-9,13H,10-11H2/t13-/m1/s1. The fourth-order valence-corrected chi connectivity index (χ4v) is 5.14. The van der Waals surface area contributed by atoms with E-state index < -0.39 is 0 Å². The maximum absolute atomic E-state index is 13.0. The quantitative estimate of drug-likeness (QED) is 0.394. The Morgan fingerprint density at radius 3 is 2.83 bits per heavy atom. The molecule has 0 saturated carbocycles. The molecule has 5 rings (SSSR count). The minimum Gasteiger partial charge on any atom is -0.459 e. The molecule has 0 aromatic carbocycles. The summed E-state index contributed by atoms with van der Waals surface area (Å²) in [6.07, 6.45) is 2.25. The number of thioether (sulfide) groups is 1. The Morgan fingerprint density at radius 1 is 1.17 bits per heavy atom. The summed E-state index contributed by atoms with van der Waals surface area (Å²) in [5.41, 5.74) is 0.939. The van der Waals surface area contributed by atoms with Crippen LogP contribution in [0.4, 0.5) is 0 Å². The van der Waals surface area contributed by atoms with E-state index in [1.165, 1.54) is 18.0 Å². The van der Waals surface area contributed by atoms with Gasteiger partial charge >= 0.3 is 0 Å². The zero-order valence-corrected chi connectivity index (χ0v) is 17.4. The van der Waals surface area contributed by atoms with Gasteiger partial charge in [0, 0.05) is 11.3 Å². The minimum absolute atomic E-state index is 0.0819. The van der Waals surface area contributed by atoms with Gasteiger partial charge in [0.25, 0.3) is 17.0 Å². The van der Waals surface area contributed by atoms with Crippen LogP contribution in [0.15, 0.2) is 72.6 Å². The molecule has 10 heteroatoms. The first-order valence-electron chi connectivity index (χ1n) is 8.75. The van der Waals surface area contributed by atoms with E-state index in [1.54, 1.807) is 39.8 Å². The molecule has 0 spiro atoms. The van der Waals surface area contributed by atoms with Crippen molar-refractivity contribution < 1.29 is 13.6 Å². The smallest absolute Gasteiger partial charge is 0.284 e. The second-order valence-electron chi connectivity index (χ2n) is 6.14. The molecule has 1 atom stereocenters. The zero-order valence-electron chi connectivity index (χ0n) is 14.9. The fourth-order valence-electron chi connectivity index (χ4n) is 2.99. The molecule has 0 bridgehead atoms. The summed E-state index contributed by atoms with van der Waals surface area (Å²) in [6.45, 7) is 0. The number of carbonyl (C=O) groups is 1. The second-order valence-corrected chi connectivity index (χ2v) is 8.99. The average molecular weight is 443 g/mol. The number of hydrogen-bond donors (Lipinski definition) is 0. The van der Waals surface area contributed by atoms with Gasteiger partial charge in [-0.3, -0.25) is 4.79 Å². The van der Waals surface area contributed by atoms with E-state index in [1.807, 2.05) is 35.0 Å². The van der Waals surface area contributed by atoms with Gasteiger partial charge in [0.15, 0.2) is 5.76 Å². The number of amides is 1. The summed E-state index contributed by atoms with van der Waals surface area (Å²) >= 11 is 4.46. The van der Waals surface area contributed by atoms with Crippen molar-refractivity contribution in [3.63, 3.8) is 0 Å². The van der Waals surface area contributed by atoms with Crippen LogP contribution in [0.3, 0.4) is 0 Å². The lowest BCUT2D eigenvalue weighted by Gasteiger charge is -2.20. The number of thiophene rings is 2. The van der Waals surface area contributed by atoms with Crippen molar-refractivity contribution in [2.45, 2.75) is 17.7 Å². The van der Waals surface area contributed by atoms with Crippen LogP contribution in [-0.4, -0.2) is 32.6 Å². The number of carbonyl (C=O) groups excluding carboxylic acids is 1. The lowest BCUT2D eigenvalue weighted by Crippen LogP contribution is -2.28. The average Bonchev–Trinajstić information content (AvgIpc) is 3.56. The van der Waals surface area contributed by atoms with Gasteiger partial charge in [-0.15, -0.1) is 32.9 Å². The van der Waals surface area contributed by atoms with Crippen molar-refractivity contribution in [1.82, 2.24) is 15.2 Å². The summed E-state index contributed by atoms with van der Waals surface area (Å²) in [7, 11) is 0. The lowest BCUT2D eigenvalue weighted by molar-refractivity contribution is -0.130. The first-order valence-corrected chi connectivity index (χ1v) is 11.5. The molecule has 1 aliphatic rings. The van der Waals surface area contributed by atoms with Gasteiger partial charge in [-0.05, 0) is 35.0 Å². The third-order valence-electron chi connectivity index (χ3n) is 4.30. The van der Waals surface area contributed by atoms with E-state index in [0.717, 1.165) is 15.5 Å². The summed E-state index contributed by atoms with van der Waals surface area (Å²) in [5, 5.41) is 18.5. The number of hydrazone groups is 1. The third-order valence-corrected chi connectivity index (χ3v) is 7.00. The highest BCUT2D eigenvalue weighted by molar-refractivity contribution is 7.99. The van der Waals surface area contributed by atoms with Crippen LogP contribution in [0, 0.1) is 0 Å². The van der Waals surface area contributed by atoms with Crippen LogP contribution >= 0.6 is 34.4 Å². The van der Waals surface area contributed by atoms with Gasteiger partial charge in [0.1, 0.15) is 0 Å². The van der Waals surface area contributed by atoms with E-state index >= 15 is 0 Å². The maximum Gasteiger partial charge on any atom is 0.284 e. The molecule has 0 radical (unpaired) electrons. The molecular weight excluding hydrogens is 428 g/mol. The molecular formula is C19H14N4O3S3. The monoisotopic (exact) mass is 442 g/mol. The molecule has 4 aromatic rings. The molecule has 29 heavy (non-hydrogen) atoms. The Labute approximate surface area is 178 Å². The zero-order chi connectivity index (χ0) is 19.6. The molecule has 1 aliphatic heterocycles. The number of aromatic nitrogens is 2. The van der Waals surface area contributed by atoms with Crippen molar-refractivity contribution in [2.24, 2.45) is 5.10 Å². The molecule has 146 valence electrons. The van der Waals surface area contributed by atoms with Gasteiger partial charge in [0.05, 0.1) is 28.6 Å². The van der Waals surface area contributed by atoms with E-state index in [9.17, 15) is 4.79 Å². The van der Waals surface area contributed by atoms with Crippen molar-refractivity contribution in [3.8, 4) is 11.7 Å². The molecule has 4 aromatic heterocycles. The Morgan fingerprint density at radius 2 is 2.07 bits per heavy atom. The Balaban J connectivity index is 1.31. The van der Waals surface area contributed by atoms with Gasteiger partial charge < -0.3 is 8.83 Å². The van der Waals surface area contributed by atoms with Crippen LogP contribution in [0.1, 0.15) is 22.2 Å². The predicted molar refractivity (Wildman–Crippen MR) is 112 cm³/mol. The molecule has 1 amide bonds. The van der Waals surface area contributed by atoms with Gasteiger partial charge in [-0.2, -0.15) is 5.10 Å². The van der Waals surface area contributed by atoms with Gasteiger partial charge in [-0.1, -0.05) is 23.9 Å². The molecule has 5 heterocycles. The van der Waals surface area contributed by atoms with Crippen molar-refractivity contribution >= 4 is 46.1 Å². The topological polar surface area (TPSA) is 84.7 Å². The molecule has 0 fully saturated rings. The highest BCUT2D eigenvalue weighted by atomic mass is 32.2. The Kier molecular flexibility index (Phi) is 5.04. The number of furan rings is 1. The van der Waals surface area contributed by atoms with Crippen LogP contribution in [-0.2, 0) is 4.79 Å². The van der Waals surface area contributed by atoms with Crippen molar-refractivity contribution in [3.05, 3.63) is 63.2 Å². The first kappa shape index (κ1) is 18.3. The number of rotatable bonds is 6. The van der Waals surface area contributed by atoms with Crippen LogP contribution in [0.2, 0.25) is 0 Å². The predicted octanol–water partition coefficient (Wildman–Crippen LogP) is 4.92. The fraction of sp³-hybridized carbons (Fsp3) is 0.158. The van der Waals surface area contributed by atoms with E-state index in [-0.39, 0.29) is 17.7 Å². The minimum atomic E-state index is -0.0993. The highest BCUT2D eigenvalue weighted by Gasteiger charge is 2.34. The van der Waals surface area contributed by atoms with Crippen LogP contribution in [0.25, 0.3) is 11.7 Å². The van der Waals surface area contributed by atoms with Gasteiger partial charge in [-0.25, -0.2) is 5.01 Å². The largest absolute Gasteiger partial charge is 0.459 e. The SMILES string of the molecule is O=C(CSc1nnc(-c2ccco2)o1)N1N=C(c2cccs2)C[C@@H]1c1cccs1. The molecule has 7 nitrogen and oxygen atoms in total. The van der Waals surface area contributed by atoms with Gasteiger partial charge in [0.2, 0.25) is 0 Å². The Hall–Kier alpha value is -2.69. The normalized spacial score (nSPS) is 16.3. The first-order chi connectivity index (χ1) is 14.3. The number of nitrogens with zero attached hydrogens (tertiary/aromatic N) is 4. The highest BCUT2D eigenvalue weighted by Crippen LogP contribution is 2.36. The number of hydrogen-bond acceptors (Lipinski definition) is 9. The van der Waals surface area contributed by atoms with E-state index in [0.29, 0.717) is 23.3 Å². The van der Waals surface area contributed by atoms with E-state index in [4.69, 9.17) is 8.83 Å².